The molecule has 1 aromatic carbocycles. The summed E-state index contributed by atoms with van der Waals surface area (Å²) < 4.78 is 82.1. The average molecular weight is 773 g/mol. The summed E-state index contributed by atoms with van der Waals surface area (Å²) in [5, 5.41) is 5.53. The fourth-order valence-electron chi connectivity index (χ4n) is 3.85. The second kappa shape index (κ2) is 17.8. The maximum Gasteiger partial charge on any atom is 0.452 e. The zero-order valence-electron chi connectivity index (χ0n) is 29.3. The lowest BCUT2D eigenvalue weighted by molar-refractivity contribution is -0.175. The van der Waals surface area contributed by atoms with Gasteiger partial charge in [-0.25, -0.2) is 0 Å². The minimum Gasteiger partial charge on any atom is -0.497 e. The SMILES string of the molecule is C=C(/C=C\C(=C/C)OC)[C@H](NC(=O)[C@H](CO[Si](C)(C)C(C)(C)C)NC(=O)C(F)(F)c1ccc(Cl)c(Cl)c1)C(=O)N[C@H](C(=O)C(F)(F)F)C(C)C. The first-order valence-corrected chi connectivity index (χ1v) is 18.9. The van der Waals surface area contributed by atoms with Crippen LogP contribution in [0.4, 0.5) is 22.0 Å². The van der Waals surface area contributed by atoms with Crippen molar-refractivity contribution in [2.75, 3.05) is 13.7 Å². The molecule has 3 amide bonds. The number of alkyl halides is 5. The molecule has 0 aliphatic heterocycles. The summed E-state index contributed by atoms with van der Waals surface area (Å²) in [4.78, 5) is 52.5. The molecule has 0 radical (unpaired) electrons. The van der Waals surface area contributed by atoms with Crippen molar-refractivity contribution >= 4 is 55.0 Å². The summed E-state index contributed by atoms with van der Waals surface area (Å²) in [5.41, 5.74) is -1.04. The van der Waals surface area contributed by atoms with Crippen molar-refractivity contribution in [1.82, 2.24) is 16.0 Å². The highest BCUT2D eigenvalue weighted by atomic mass is 35.5. The molecule has 17 heteroatoms. The van der Waals surface area contributed by atoms with Crippen LogP contribution in [-0.2, 0) is 34.3 Å². The van der Waals surface area contributed by atoms with Crippen LogP contribution < -0.4 is 16.0 Å². The Labute approximate surface area is 300 Å². The fourth-order valence-corrected chi connectivity index (χ4v) is 5.16. The summed E-state index contributed by atoms with van der Waals surface area (Å²) in [6, 6.07) is -3.05. The van der Waals surface area contributed by atoms with Gasteiger partial charge >= 0.3 is 12.1 Å². The van der Waals surface area contributed by atoms with E-state index in [0.717, 1.165) is 18.2 Å². The lowest BCUT2D eigenvalue weighted by atomic mass is 9.98. The number of methoxy groups -OCH3 is 1. The Balaban J connectivity index is 3.65. The van der Waals surface area contributed by atoms with E-state index in [1.165, 1.54) is 39.2 Å². The van der Waals surface area contributed by atoms with Crippen molar-refractivity contribution in [2.24, 2.45) is 5.92 Å². The second-order valence-corrected chi connectivity index (χ2v) is 18.8. The third kappa shape index (κ3) is 12.2. The Morgan fingerprint density at radius 2 is 1.52 bits per heavy atom. The largest absolute Gasteiger partial charge is 0.497 e. The van der Waals surface area contributed by atoms with E-state index in [-0.39, 0.29) is 21.4 Å². The van der Waals surface area contributed by atoms with E-state index in [1.807, 2.05) is 31.4 Å². The molecule has 0 heterocycles. The molecule has 0 fully saturated rings. The average Bonchev–Trinajstić information content (AvgIpc) is 3.00. The third-order valence-corrected chi connectivity index (χ3v) is 13.3. The number of nitrogens with one attached hydrogen (secondary N) is 3. The van der Waals surface area contributed by atoms with E-state index in [9.17, 15) is 32.3 Å². The zero-order chi connectivity index (χ0) is 39.0. The predicted molar refractivity (Wildman–Crippen MR) is 184 cm³/mol. The molecular weight excluding hydrogens is 728 g/mol. The van der Waals surface area contributed by atoms with Gasteiger partial charge in [-0.1, -0.05) is 76.5 Å². The van der Waals surface area contributed by atoms with E-state index < -0.39 is 85.2 Å². The van der Waals surface area contributed by atoms with E-state index in [2.05, 4.69) is 11.9 Å². The summed E-state index contributed by atoms with van der Waals surface area (Å²) >= 11 is 11.7. The Hall–Kier alpha value is -3.27. The van der Waals surface area contributed by atoms with E-state index in [1.54, 1.807) is 20.0 Å². The van der Waals surface area contributed by atoms with Crippen molar-refractivity contribution < 1.29 is 50.3 Å². The van der Waals surface area contributed by atoms with Gasteiger partial charge in [0.25, 0.3) is 11.7 Å². The first-order chi connectivity index (χ1) is 22.7. The maximum absolute atomic E-state index is 15.4. The summed E-state index contributed by atoms with van der Waals surface area (Å²) in [5.74, 6) is -11.7. The number of hydrogen-bond acceptors (Lipinski definition) is 6. The Morgan fingerprint density at radius 1 is 0.940 bits per heavy atom. The van der Waals surface area contributed by atoms with E-state index in [4.69, 9.17) is 32.4 Å². The van der Waals surface area contributed by atoms with Gasteiger partial charge < -0.3 is 25.1 Å². The smallest absolute Gasteiger partial charge is 0.452 e. The number of Topliss-reactive ketones (excluding diaryl/α,β-unsaturated/α-hetero) is 1. The van der Waals surface area contributed by atoms with Crippen LogP contribution >= 0.6 is 23.2 Å². The van der Waals surface area contributed by atoms with Crippen molar-refractivity contribution in [3.63, 3.8) is 0 Å². The van der Waals surface area contributed by atoms with Crippen LogP contribution in [-0.4, -0.2) is 69.8 Å². The van der Waals surface area contributed by atoms with Crippen molar-refractivity contribution in [2.45, 2.75) is 89.9 Å². The number of ketones is 1. The highest BCUT2D eigenvalue weighted by Gasteiger charge is 2.47. The molecule has 0 saturated heterocycles. The Morgan fingerprint density at radius 3 is 1.98 bits per heavy atom. The molecule has 9 nitrogen and oxygen atoms in total. The third-order valence-electron chi connectivity index (χ3n) is 8.03. The van der Waals surface area contributed by atoms with Crippen LogP contribution in [0, 0.1) is 5.92 Å². The van der Waals surface area contributed by atoms with Gasteiger partial charge in [0.15, 0.2) is 8.32 Å². The molecule has 0 saturated carbocycles. The minimum atomic E-state index is -5.30. The van der Waals surface area contributed by atoms with Gasteiger partial charge in [-0.15, -0.1) is 0 Å². The number of ether oxygens (including phenoxy) is 1. The summed E-state index contributed by atoms with van der Waals surface area (Å²) in [6.07, 6.45) is -1.20. The predicted octanol–water partition coefficient (Wildman–Crippen LogP) is 7.01. The molecule has 0 bridgehead atoms. The number of carbonyl (C=O) groups is 4. The highest BCUT2D eigenvalue weighted by molar-refractivity contribution is 6.74. The molecule has 1 aromatic rings. The van der Waals surface area contributed by atoms with Gasteiger partial charge in [-0.05, 0) is 60.8 Å². The molecule has 0 aliphatic carbocycles. The molecule has 0 aliphatic rings. The first kappa shape index (κ1) is 44.7. The monoisotopic (exact) mass is 771 g/mol. The fraction of sp³-hybridized carbons (Fsp3) is 0.515. The molecule has 1 rings (SSSR count). The number of hydrogen-bond donors (Lipinski definition) is 3. The number of carbonyl (C=O) groups excluding carboxylic acids is 4. The van der Waals surface area contributed by atoms with Crippen LogP contribution in [0.15, 0.2) is 54.3 Å². The summed E-state index contributed by atoms with van der Waals surface area (Å²) in [6.45, 7) is 16.5. The second-order valence-electron chi connectivity index (χ2n) is 13.1. The first-order valence-electron chi connectivity index (χ1n) is 15.3. The van der Waals surface area contributed by atoms with Gasteiger partial charge in [0.05, 0.1) is 29.8 Å². The lowest BCUT2D eigenvalue weighted by Crippen LogP contribution is -2.60. The van der Waals surface area contributed by atoms with Crippen LogP contribution in [0.25, 0.3) is 0 Å². The molecule has 50 heavy (non-hydrogen) atoms. The zero-order valence-corrected chi connectivity index (χ0v) is 31.8. The quantitative estimate of drug-likeness (QED) is 0.0720. The molecule has 3 N–H and O–H groups in total. The lowest BCUT2D eigenvalue weighted by Gasteiger charge is -2.37. The van der Waals surface area contributed by atoms with E-state index >= 15 is 8.78 Å². The molecule has 0 spiro atoms. The van der Waals surface area contributed by atoms with Crippen LogP contribution in [0.1, 0.15) is 47.1 Å². The van der Waals surface area contributed by atoms with Crippen molar-refractivity contribution in [3.8, 4) is 0 Å². The van der Waals surface area contributed by atoms with Crippen molar-refractivity contribution in [3.05, 3.63) is 69.9 Å². The topological polar surface area (TPSA) is 123 Å². The number of amides is 3. The van der Waals surface area contributed by atoms with Crippen LogP contribution in [0.2, 0.25) is 28.2 Å². The van der Waals surface area contributed by atoms with Crippen LogP contribution in [0.5, 0.6) is 0 Å². The number of halogens is 7. The molecule has 0 aromatic heterocycles. The van der Waals surface area contributed by atoms with Gasteiger partial charge in [-0.2, -0.15) is 22.0 Å². The Kier molecular flexibility index (Phi) is 15.9. The van der Waals surface area contributed by atoms with Gasteiger partial charge in [0.2, 0.25) is 11.8 Å². The van der Waals surface area contributed by atoms with Crippen LogP contribution in [0.3, 0.4) is 0 Å². The molecule has 280 valence electrons. The van der Waals surface area contributed by atoms with Gasteiger partial charge in [0, 0.05) is 5.56 Å². The maximum atomic E-state index is 15.4. The van der Waals surface area contributed by atoms with Gasteiger partial charge in [-0.3, -0.25) is 19.2 Å². The highest BCUT2D eigenvalue weighted by Crippen LogP contribution is 2.37. The number of rotatable bonds is 16. The van der Waals surface area contributed by atoms with E-state index in [0.29, 0.717) is 0 Å². The molecular formula is C33H44Cl2F5N3O6Si. The number of allylic oxidation sites excluding steroid dienone is 2. The molecule has 0 unspecified atom stereocenters. The molecule has 3 atom stereocenters. The Bertz CT molecular complexity index is 1490. The minimum absolute atomic E-state index is 0.0473. The summed E-state index contributed by atoms with van der Waals surface area (Å²) in [7, 11) is -1.35. The normalized spacial score (nSPS) is 14.9. The van der Waals surface area contributed by atoms with Gasteiger partial charge in [0.1, 0.15) is 17.8 Å². The standard InChI is InChI=1S/C33H44Cl2F5N3O6Si/c1-11-21(48-8)14-12-19(4)26(29(46)42-25(18(2)3)27(44)33(38,39)40)43-28(45)24(17-49-50(9,10)31(5,6)7)41-30(47)32(36,37)20-13-15-22(34)23(35)16-20/h11-16,18,24-26H,4,17H2,1-3,5-10H3,(H,41,47)(H,42,46)(H,43,45)/b14-12-,21-11+/t24-,25-,26-/m0/s1. The number of benzene rings is 1. The van der Waals surface area contributed by atoms with Crippen molar-refractivity contribution in [1.29, 1.82) is 0 Å².